The van der Waals surface area contributed by atoms with Gasteiger partial charge in [0.25, 0.3) is 5.24 Å². The Balaban J connectivity index is 3.49. The second kappa shape index (κ2) is 4.20. The minimum Gasteiger partial charge on any atom is -0.276 e. The van der Waals surface area contributed by atoms with E-state index >= 15 is 0 Å². The number of rotatable bonds is 1. The van der Waals surface area contributed by atoms with Crippen LogP contribution in [0.1, 0.15) is 15.9 Å². The molecule has 0 aromatic heterocycles. The van der Waals surface area contributed by atoms with Gasteiger partial charge in [-0.2, -0.15) is 13.2 Å². The third kappa shape index (κ3) is 2.77. The van der Waals surface area contributed by atoms with Gasteiger partial charge in [0, 0.05) is 5.02 Å². The van der Waals surface area contributed by atoms with E-state index in [1.54, 1.807) is 0 Å². The monoisotopic (exact) mass is 276 g/mol. The van der Waals surface area contributed by atoms with Crippen LogP contribution in [-0.4, -0.2) is 5.24 Å². The first kappa shape index (κ1) is 12.6. The predicted molar refractivity (Wildman–Crippen MR) is 51.6 cm³/mol. The Morgan fingerprint density at radius 3 is 2.13 bits per heavy atom. The van der Waals surface area contributed by atoms with Gasteiger partial charge in [0.15, 0.2) is 0 Å². The predicted octanol–water partition coefficient (Wildman–Crippen LogP) is 4.39. The lowest BCUT2D eigenvalue weighted by molar-refractivity contribution is -0.137. The number of benzene rings is 1. The molecule has 0 heterocycles. The molecule has 0 saturated heterocycles. The Morgan fingerprint density at radius 1 is 1.20 bits per heavy atom. The maximum absolute atomic E-state index is 12.4. The largest absolute Gasteiger partial charge is 0.417 e. The number of alkyl halides is 3. The van der Waals surface area contributed by atoms with Crippen LogP contribution in [0.4, 0.5) is 13.2 Å². The fourth-order valence-corrected chi connectivity index (χ4v) is 1.66. The van der Waals surface area contributed by atoms with Crippen LogP contribution >= 0.6 is 34.8 Å². The average molecular weight is 277 g/mol. The summed E-state index contributed by atoms with van der Waals surface area (Å²) < 4.78 is 37.1. The van der Waals surface area contributed by atoms with Crippen LogP contribution in [0.25, 0.3) is 0 Å². The topological polar surface area (TPSA) is 17.1 Å². The second-order valence-corrected chi connectivity index (χ2v) is 3.74. The van der Waals surface area contributed by atoms with Gasteiger partial charge in [0.1, 0.15) is 0 Å². The van der Waals surface area contributed by atoms with Crippen molar-refractivity contribution < 1.29 is 18.0 Å². The smallest absolute Gasteiger partial charge is 0.276 e. The van der Waals surface area contributed by atoms with E-state index in [0.717, 1.165) is 6.07 Å². The number of halogens is 6. The van der Waals surface area contributed by atoms with Crippen molar-refractivity contribution in [2.75, 3.05) is 0 Å². The summed E-state index contributed by atoms with van der Waals surface area (Å²) in [5.74, 6) is 0. The van der Waals surface area contributed by atoms with Crippen molar-refractivity contribution in [1.82, 2.24) is 0 Å². The summed E-state index contributed by atoms with van der Waals surface area (Å²) in [6.45, 7) is 0. The molecule has 0 saturated carbocycles. The summed E-state index contributed by atoms with van der Waals surface area (Å²) in [6, 6.07) is 1.61. The first-order chi connectivity index (χ1) is 6.73. The van der Waals surface area contributed by atoms with Gasteiger partial charge in [0.05, 0.1) is 16.1 Å². The maximum atomic E-state index is 12.4. The Morgan fingerprint density at radius 2 is 1.73 bits per heavy atom. The van der Waals surface area contributed by atoms with Crippen molar-refractivity contribution in [3.63, 3.8) is 0 Å². The van der Waals surface area contributed by atoms with Crippen LogP contribution in [0.15, 0.2) is 12.1 Å². The van der Waals surface area contributed by atoms with E-state index in [9.17, 15) is 18.0 Å². The lowest BCUT2D eigenvalue weighted by atomic mass is 10.1. The third-order valence-corrected chi connectivity index (χ3v) is 2.38. The van der Waals surface area contributed by atoms with Gasteiger partial charge >= 0.3 is 6.18 Å². The number of carbonyl (C=O) groups excluding carboxylic acids is 1. The quantitative estimate of drug-likeness (QED) is 0.696. The van der Waals surface area contributed by atoms with Gasteiger partial charge in [-0.15, -0.1) is 0 Å². The van der Waals surface area contributed by atoms with Crippen LogP contribution in [0.5, 0.6) is 0 Å². The molecule has 0 fully saturated rings. The minimum atomic E-state index is -4.68. The zero-order valence-electron chi connectivity index (χ0n) is 6.83. The SMILES string of the molecule is O=C(Cl)c1cc(Cl)cc(C(F)(F)F)c1Cl. The van der Waals surface area contributed by atoms with Crippen LogP contribution < -0.4 is 0 Å². The molecule has 1 aromatic rings. The average Bonchev–Trinajstić information content (AvgIpc) is 2.06. The first-order valence-electron chi connectivity index (χ1n) is 3.49. The molecule has 1 aromatic carbocycles. The molecule has 1 nitrogen and oxygen atoms in total. The summed E-state index contributed by atoms with van der Waals surface area (Å²) in [4.78, 5) is 10.8. The first-order valence-corrected chi connectivity index (χ1v) is 4.63. The van der Waals surface area contributed by atoms with Crippen molar-refractivity contribution in [2.45, 2.75) is 6.18 Å². The molecular formula is C8H2Cl3F3O. The third-order valence-electron chi connectivity index (χ3n) is 1.55. The number of carbonyl (C=O) groups is 1. The zero-order valence-corrected chi connectivity index (χ0v) is 9.10. The summed E-state index contributed by atoms with van der Waals surface area (Å²) in [5, 5.41) is -2.09. The fraction of sp³-hybridized carbons (Fsp3) is 0.125. The van der Waals surface area contributed by atoms with Crippen LogP contribution in [0, 0.1) is 0 Å². The minimum absolute atomic E-state index is 0.254. The highest BCUT2D eigenvalue weighted by Crippen LogP contribution is 2.38. The molecule has 1 rings (SSSR count). The van der Waals surface area contributed by atoms with Gasteiger partial charge in [-0.05, 0) is 23.7 Å². The van der Waals surface area contributed by atoms with E-state index in [-0.39, 0.29) is 5.02 Å². The van der Waals surface area contributed by atoms with Crippen molar-refractivity contribution in [3.05, 3.63) is 33.3 Å². The van der Waals surface area contributed by atoms with E-state index in [4.69, 9.17) is 34.8 Å². The van der Waals surface area contributed by atoms with E-state index < -0.39 is 27.6 Å². The Labute approximate surface area is 97.7 Å². The molecule has 0 N–H and O–H groups in total. The summed E-state index contributed by atoms with van der Waals surface area (Å²) in [5.41, 5.74) is -1.64. The van der Waals surface area contributed by atoms with Crippen LogP contribution in [0.2, 0.25) is 10.0 Å². The van der Waals surface area contributed by atoms with Gasteiger partial charge in [-0.3, -0.25) is 4.79 Å². The molecule has 15 heavy (non-hydrogen) atoms. The van der Waals surface area contributed by atoms with E-state index in [1.807, 2.05) is 0 Å². The van der Waals surface area contributed by atoms with Crippen LogP contribution in [0.3, 0.4) is 0 Å². The van der Waals surface area contributed by atoms with Crippen molar-refractivity contribution >= 4 is 40.0 Å². The lowest BCUT2D eigenvalue weighted by Crippen LogP contribution is -2.08. The molecule has 0 aliphatic heterocycles. The van der Waals surface area contributed by atoms with Crippen molar-refractivity contribution in [2.24, 2.45) is 0 Å². The molecule has 0 amide bonds. The normalized spacial score (nSPS) is 11.6. The van der Waals surface area contributed by atoms with Crippen molar-refractivity contribution in [3.8, 4) is 0 Å². The highest BCUT2D eigenvalue weighted by atomic mass is 35.5. The molecule has 7 heteroatoms. The Bertz CT molecular complexity index is 414. The molecule has 0 aliphatic rings. The maximum Gasteiger partial charge on any atom is 0.417 e. The van der Waals surface area contributed by atoms with E-state index in [1.165, 1.54) is 0 Å². The molecule has 0 unspecified atom stereocenters. The molecule has 0 spiro atoms. The molecule has 0 atom stereocenters. The molecule has 0 radical (unpaired) electrons. The molecule has 0 aliphatic carbocycles. The summed E-state index contributed by atoms with van der Waals surface area (Å²) >= 11 is 15.8. The standard InChI is InChI=1S/C8H2Cl3F3O/c9-3-1-4(7(11)15)6(10)5(2-3)8(12,13)14/h1-2H. The number of hydrogen-bond acceptors (Lipinski definition) is 1. The Hall–Kier alpha value is -0.450. The molecule has 82 valence electrons. The van der Waals surface area contributed by atoms with Crippen molar-refractivity contribution in [1.29, 1.82) is 0 Å². The fourth-order valence-electron chi connectivity index (χ4n) is 0.939. The highest BCUT2D eigenvalue weighted by Gasteiger charge is 2.35. The van der Waals surface area contributed by atoms with Gasteiger partial charge in [0.2, 0.25) is 0 Å². The van der Waals surface area contributed by atoms with Crippen LogP contribution in [-0.2, 0) is 6.18 Å². The van der Waals surface area contributed by atoms with Gasteiger partial charge in [-0.25, -0.2) is 0 Å². The molecule has 0 bridgehead atoms. The summed E-state index contributed by atoms with van der Waals surface area (Å²) in [7, 11) is 0. The number of hydrogen-bond donors (Lipinski definition) is 0. The van der Waals surface area contributed by atoms with E-state index in [2.05, 4.69) is 0 Å². The van der Waals surface area contributed by atoms with E-state index in [0.29, 0.717) is 6.07 Å². The van der Waals surface area contributed by atoms with Gasteiger partial charge < -0.3 is 0 Å². The lowest BCUT2D eigenvalue weighted by Gasteiger charge is -2.11. The summed E-state index contributed by atoms with van der Waals surface area (Å²) in [6.07, 6.45) is -4.68. The van der Waals surface area contributed by atoms with Gasteiger partial charge in [-0.1, -0.05) is 23.2 Å². The molecular weight excluding hydrogens is 275 g/mol. The zero-order chi connectivity index (χ0) is 11.8. The second-order valence-electron chi connectivity index (χ2n) is 2.59. The Kier molecular flexibility index (Phi) is 3.53. The highest BCUT2D eigenvalue weighted by molar-refractivity contribution is 6.69.